The largest absolute Gasteiger partial charge is 0.319 e. The summed E-state index contributed by atoms with van der Waals surface area (Å²) in [5.41, 5.74) is -0.183. The summed E-state index contributed by atoms with van der Waals surface area (Å²) in [6.45, 7) is 3.26. The van der Waals surface area contributed by atoms with Gasteiger partial charge in [-0.2, -0.15) is 0 Å². The van der Waals surface area contributed by atoms with E-state index in [-0.39, 0.29) is 16.4 Å². The zero-order valence-corrected chi connectivity index (χ0v) is 11.3. The molecular weight excluding hydrogens is 248 g/mol. The zero-order chi connectivity index (χ0) is 13.1. The summed E-state index contributed by atoms with van der Waals surface area (Å²) in [4.78, 5) is 24.0. The Balaban J connectivity index is 2.51. The SMILES string of the molecule is CNCC(C)Cn1c(=O)sc2ccccc2c1=O. The molecule has 1 aromatic carbocycles. The van der Waals surface area contributed by atoms with Crippen molar-refractivity contribution in [1.82, 2.24) is 9.88 Å². The molecule has 4 nitrogen and oxygen atoms in total. The molecule has 96 valence electrons. The number of aromatic nitrogens is 1. The third-order valence-corrected chi connectivity index (χ3v) is 3.80. The van der Waals surface area contributed by atoms with Crippen LogP contribution < -0.4 is 15.7 Å². The minimum absolute atomic E-state index is 0.179. The molecule has 0 aliphatic rings. The van der Waals surface area contributed by atoms with Gasteiger partial charge in [0.05, 0.1) is 5.39 Å². The first-order valence-corrected chi connectivity index (χ1v) is 6.72. The van der Waals surface area contributed by atoms with Gasteiger partial charge < -0.3 is 5.32 Å². The average molecular weight is 264 g/mol. The Hall–Kier alpha value is -1.46. The molecule has 2 aromatic rings. The van der Waals surface area contributed by atoms with E-state index in [1.165, 1.54) is 4.57 Å². The van der Waals surface area contributed by atoms with Crippen molar-refractivity contribution in [3.05, 3.63) is 44.3 Å². The number of hydrogen-bond acceptors (Lipinski definition) is 4. The van der Waals surface area contributed by atoms with E-state index in [1.807, 2.05) is 32.2 Å². The third-order valence-electron chi connectivity index (χ3n) is 2.83. The van der Waals surface area contributed by atoms with Gasteiger partial charge in [0.15, 0.2) is 0 Å². The van der Waals surface area contributed by atoms with E-state index in [1.54, 1.807) is 6.07 Å². The van der Waals surface area contributed by atoms with Gasteiger partial charge in [0.2, 0.25) is 0 Å². The third kappa shape index (κ3) is 2.52. The first-order chi connectivity index (χ1) is 8.63. The number of nitrogens with zero attached hydrogens (tertiary/aromatic N) is 1. The van der Waals surface area contributed by atoms with Gasteiger partial charge in [0.25, 0.3) is 5.56 Å². The molecule has 1 aromatic heterocycles. The molecule has 0 spiro atoms. The highest BCUT2D eigenvalue weighted by Gasteiger charge is 2.10. The highest BCUT2D eigenvalue weighted by molar-refractivity contribution is 7.16. The van der Waals surface area contributed by atoms with Gasteiger partial charge in [-0.25, -0.2) is 0 Å². The lowest BCUT2D eigenvalue weighted by molar-refractivity contribution is 0.452. The lowest BCUT2D eigenvalue weighted by Crippen LogP contribution is -2.35. The van der Waals surface area contributed by atoms with Gasteiger partial charge in [-0.3, -0.25) is 14.2 Å². The van der Waals surface area contributed by atoms with Gasteiger partial charge >= 0.3 is 4.87 Å². The molecule has 18 heavy (non-hydrogen) atoms. The normalized spacial score (nSPS) is 12.8. The van der Waals surface area contributed by atoms with Crippen LogP contribution >= 0.6 is 11.3 Å². The van der Waals surface area contributed by atoms with Crippen LogP contribution in [0.1, 0.15) is 6.92 Å². The maximum atomic E-state index is 12.2. The molecule has 1 unspecified atom stereocenters. The fraction of sp³-hybridized carbons (Fsp3) is 0.385. The van der Waals surface area contributed by atoms with E-state index in [2.05, 4.69) is 5.32 Å². The summed E-state index contributed by atoms with van der Waals surface area (Å²) >= 11 is 1.13. The highest BCUT2D eigenvalue weighted by Crippen LogP contribution is 2.11. The second-order valence-electron chi connectivity index (χ2n) is 4.44. The van der Waals surface area contributed by atoms with Crippen LogP contribution in [-0.2, 0) is 6.54 Å². The predicted molar refractivity (Wildman–Crippen MR) is 75.4 cm³/mol. The Kier molecular flexibility index (Phi) is 3.93. The van der Waals surface area contributed by atoms with Crippen LogP contribution in [-0.4, -0.2) is 18.2 Å². The molecule has 2 rings (SSSR count). The van der Waals surface area contributed by atoms with E-state index < -0.39 is 0 Å². The van der Waals surface area contributed by atoms with Crippen molar-refractivity contribution in [2.24, 2.45) is 5.92 Å². The second kappa shape index (κ2) is 5.46. The monoisotopic (exact) mass is 264 g/mol. The molecule has 0 radical (unpaired) electrons. The standard InChI is InChI=1S/C13H16N2O2S/c1-9(7-14-2)8-15-12(16)10-5-3-4-6-11(10)18-13(15)17/h3-6,9,14H,7-8H2,1-2H3. The van der Waals surface area contributed by atoms with Crippen molar-refractivity contribution < 1.29 is 0 Å². The molecule has 0 aliphatic carbocycles. The summed E-state index contributed by atoms with van der Waals surface area (Å²) in [6, 6.07) is 7.24. The smallest absolute Gasteiger partial charge is 0.310 e. The molecule has 0 aliphatic heterocycles. The summed E-state index contributed by atoms with van der Waals surface area (Å²) in [7, 11) is 1.86. The van der Waals surface area contributed by atoms with Gasteiger partial charge in [-0.15, -0.1) is 0 Å². The molecule has 0 amide bonds. The van der Waals surface area contributed by atoms with E-state index in [0.717, 1.165) is 22.6 Å². The molecule has 0 saturated heterocycles. The van der Waals surface area contributed by atoms with Crippen molar-refractivity contribution >= 4 is 21.4 Å². The second-order valence-corrected chi connectivity index (χ2v) is 5.44. The number of fused-ring (bicyclic) bond motifs is 1. The zero-order valence-electron chi connectivity index (χ0n) is 10.5. The van der Waals surface area contributed by atoms with Crippen LogP contribution in [0.3, 0.4) is 0 Å². The minimum Gasteiger partial charge on any atom is -0.319 e. The maximum Gasteiger partial charge on any atom is 0.310 e. The van der Waals surface area contributed by atoms with Crippen molar-refractivity contribution in [3.8, 4) is 0 Å². The Labute approximate surface area is 109 Å². The Morgan fingerprint density at radius 2 is 2.06 bits per heavy atom. The lowest BCUT2D eigenvalue weighted by Gasteiger charge is -2.12. The van der Waals surface area contributed by atoms with Gasteiger partial charge in [0, 0.05) is 11.2 Å². The van der Waals surface area contributed by atoms with Crippen LogP contribution in [0.25, 0.3) is 10.1 Å². The molecule has 1 atom stereocenters. The van der Waals surface area contributed by atoms with E-state index >= 15 is 0 Å². The van der Waals surface area contributed by atoms with Crippen molar-refractivity contribution in [1.29, 1.82) is 0 Å². The minimum atomic E-state index is -0.183. The van der Waals surface area contributed by atoms with Crippen molar-refractivity contribution in [3.63, 3.8) is 0 Å². The Morgan fingerprint density at radius 3 is 2.78 bits per heavy atom. The topological polar surface area (TPSA) is 51.1 Å². The molecule has 5 heteroatoms. The summed E-state index contributed by atoms with van der Waals surface area (Å²) in [6.07, 6.45) is 0. The van der Waals surface area contributed by atoms with E-state index in [9.17, 15) is 9.59 Å². The van der Waals surface area contributed by atoms with Gasteiger partial charge in [-0.1, -0.05) is 30.4 Å². The summed E-state index contributed by atoms with van der Waals surface area (Å²) < 4.78 is 2.10. The van der Waals surface area contributed by atoms with Crippen LogP contribution in [0, 0.1) is 5.92 Å². The number of benzene rings is 1. The van der Waals surface area contributed by atoms with Crippen LogP contribution in [0.15, 0.2) is 33.9 Å². The molecule has 0 bridgehead atoms. The van der Waals surface area contributed by atoms with E-state index in [0.29, 0.717) is 11.9 Å². The average Bonchev–Trinajstić information content (AvgIpc) is 2.35. The summed E-state index contributed by atoms with van der Waals surface area (Å²) in [5, 5.41) is 3.67. The Bertz CT molecular complexity index is 660. The fourth-order valence-electron chi connectivity index (χ4n) is 1.99. The van der Waals surface area contributed by atoms with Crippen molar-refractivity contribution in [2.45, 2.75) is 13.5 Å². The Morgan fingerprint density at radius 1 is 1.33 bits per heavy atom. The van der Waals surface area contributed by atoms with Crippen LogP contribution in [0.4, 0.5) is 0 Å². The predicted octanol–water partition coefficient (Wildman–Crippen LogP) is 1.28. The summed E-state index contributed by atoms with van der Waals surface area (Å²) in [5.74, 6) is 0.244. The molecule has 1 heterocycles. The molecular formula is C13H16N2O2S. The van der Waals surface area contributed by atoms with Gasteiger partial charge in [-0.05, 0) is 31.6 Å². The quantitative estimate of drug-likeness (QED) is 0.905. The molecule has 0 fully saturated rings. The lowest BCUT2D eigenvalue weighted by atomic mass is 10.2. The van der Waals surface area contributed by atoms with Crippen LogP contribution in [0.5, 0.6) is 0 Å². The number of rotatable bonds is 4. The first-order valence-electron chi connectivity index (χ1n) is 5.90. The first kappa shape index (κ1) is 13.0. The number of hydrogen-bond donors (Lipinski definition) is 1. The fourth-order valence-corrected chi connectivity index (χ4v) is 2.86. The molecule has 0 saturated carbocycles. The maximum absolute atomic E-state index is 12.2. The number of nitrogens with one attached hydrogen (secondary N) is 1. The van der Waals surface area contributed by atoms with Crippen LogP contribution in [0.2, 0.25) is 0 Å². The van der Waals surface area contributed by atoms with Gasteiger partial charge in [0.1, 0.15) is 0 Å². The van der Waals surface area contributed by atoms with E-state index in [4.69, 9.17) is 0 Å². The van der Waals surface area contributed by atoms with Crippen molar-refractivity contribution in [2.75, 3.05) is 13.6 Å². The molecule has 1 N–H and O–H groups in total. The highest BCUT2D eigenvalue weighted by atomic mass is 32.1.